The van der Waals surface area contributed by atoms with Gasteiger partial charge in [0.15, 0.2) is 6.10 Å². The SMILES string of the molecule is CS(=O)CCNCC(O)C(F)(F)F. The monoisotopic (exact) mass is 219 g/mol. The highest BCUT2D eigenvalue weighted by atomic mass is 32.2. The van der Waals surface area contributed by atoms with Crippen molar-refractivity contribution < 1.29 is 22.5 Å². The van der Waals surface area contributed by atoms with E-state index in [1.807, 2.05) is 0 Å². The summed E-state index contributed by atoms with van der Waals surface area (Å²) in [6.45, 7) is -0.350. The van der Waals surface area contributed by atoms with Crippen molar-refractivity contribution in [2.45, 2.75) is 12.3 Å². The summed E-state index contributed by atoms with van der Waals surface area (Å²) in [5.74, 6) is 0.282. The molecule has 0 radical (unpaired) electrons. The molecular weight excluding hydrogens is 207 g/mol. The molecule has 80 valence electrons. The van der Waals surface area contributed by atoms with Crippen molar-refractivity contribution in [3.8, 4) is 0 Å². The summed E-state index contributed by atoms with van der Waals surface area (Å²) in [6.07, 6.45) is -5.47. The van der Waals surface area contributed by atoms with Gasteiger partial charge in [0.25, 0.3) is 0 Å². The van der Waals surface area contributed by atoms with Crippen molar-refractivity contribution in [2.75, 3.05) is 25.1 Å². The van der Waals surface area contributed by atoms with Crippen LogP contribution in [0.5, 0.6) is 0 Å². The maximum atomic E-state index is 11.7. The molecule has 0 aliphatic heterocycles. The van der Waals surface area contributed by atoms with Gasteiger partial charge < -0.3 is 10.4 Å². The van der Waals surface area contributed by atoms with Crippen LogP contribution < -0.4 is 5.32 Å². The first-order valence-corrected chi connectivity index (χ1v) is 5.32. The second-order valence-corrected chi connectivity index (χ2v) is 4.09. The van der Waals surface area contributed by atoms with Crippen LogP contribution in [0, 0.1) is 0 Å². The van der Waals surface area contributed by atoms with Crippen LogP contribution in [0.1, 0.15) is 0 Å². The van der Waals surface area contributed by atoms with E-state index in [1.165, 1.54) is 6.26 Å². The van der Waals surface area contributed by atoms with Crippen LogP contribution in [0.25, 0.3) is 0 Å². The average Bonchev–Trinajstić information content (AvgIpc) is 1.95. The first-order chi connectivity index (χ1) is 5.84. The van der Waals surface area contributed by atoms with E-state index in [1.54, 1.807) is 0 Å². The highest BCUT2D eigenvalue weighted by Gasteiger charge is 2.37. The Bertz CT molecular complexity index is 174. The molecular formula is C6H12F3NO2S. The lowest BCUT2D eigenvalue weighted by Gasteiger charge is -2.14. The third-order valence-corrected chi connectivity index (χ3v) is 2.06. The second-order valence-electron chi connectivity index (χ2n) is 2.54. The van der Waals surface area contributed by atoms with E-state index < -0.39 is 29.6 Å². The molecule has 0 amide bonds. The minimum Gasteiger partial charge on any atom is -0.382 e. The molecule has 2 unspecified atom stereocenters. The molecule has 0 aromatic carbocycles. The Balaban J connectivity index is 3.49. The zero-order valence-corrected chi connectivity index (χ0v) is 7.91. The number of aliphatic hydroxyl groups excluding tert-OH is 1. The molecule has 0 spiro atoms. The first-order valence-electron chi connectivity index (χ1n) is 3.59. The normalized spacial score (nSPS) is 17.0. The van der Waals surface area contributed by atoms with Gasteiger partial charge in [-0.15, -0.1) is 0 Å². The van der Waals surface area contributed by atoms with Crippen molar-refractivity contribution in [3.05, 3.63) is 0 Å². The Morgan fingerprint density at radius 1 is 1.54 bits per heavy atom. The van der Waals surface area contributed by atoms with Gasteiger partial charge in [-0.05, 0) is 0 Å². The Kier molecular flexibility index (Phi) is 5.50. The molecule has 0 saturated heterocycles. The van der Waals surface area contributed by atoms with Crippen LogP contribution in [-0.4, -0.2) is 46.7 Å². The number of aliphatic hydroxyl groups is 1. The van der Waals surface area contributed by atoms with Crippen LogP contribution in [-0.2, 0) is 10.8 Å². The van der Waals surface area contributed by atoms with Crippen LogP contribution >= 0.6 is 0 Å². The highest BCUT2D eigenvalue weighted by molar-refractivity contribution is 7.84. The van der Waals surface area contributed by atoms with Crippen molar-refractivity contribution in [1.82, 2.24) is 5.32 Å². The van der Waals surface area contributed by atoms with Crippen LogP contribution in [0.3, 0.4) is 0 Å². The minimum atomic E-state index is -4.58. The number of nitrogens with one attached hydrogen (secondary N) is 1. The number of hydrogen-bond donors (Lipinski definition) is 2. The van der Waals surface area contributed by atoms with Gasteiger partial charge in [0, 0.05) is 35.9 Å². The molecule has 0 bridgehead atoms. The van der Waals surface area contributed by atoms with E-state index in [0.29, 0.717) is 0 Å². The van der Waals surface area contributed by atoms with Gasteiger partial charge in [0.2, 0.25) is 0 Å². The van der Waals surface area contributed by atoms with Gasteiger partial charge in [-0.1, -0.05) is 0 Å². The van der Waals surface area contributed by atoms with Gasteiger partial charge in [0.1, 0.15) is 0 Å². The largest absolute Gasteiger partial charge is 0.415 e. The first kappa shape index (κ1) is 12.9. The summed E-state index contributed by atoms with van der Waals surface area (Å²) in [6, 6.07) is 0. The predicted octanol–water partition coefficient (Wildman–Crippen LogP) is -0.122. The Morgan fingerprint density at radius 2 is 2.08 bits per heavy atom. The van der Waals surface area contributed by atoms with E-state index >= 15 is 0 Å². The van der Waals surface area contributed by atoms with E-state index in [-0.39, 0.29) is 12.3 Å². The summed E-state index contributed by atoms with van der Waals surface area (Å²) < 4.78 is 45.5. The zero-order valence-electron chi connectivity index (χ0n) is 7.10. The second kappa shape index (κ2) is 5.56. The fourth-order valence-corrected chi connectivity index (χ4v) is 1.00. The number of alkyl halides is 3. The molecule has 0 fully saturated rings. The van der Waals surface area contributed by atoms with Gasteiger partial charge in [-0.3, -0.25) is 4.21 Å². The number of rotatable bonds is 5. The summed E-state index contributed by atoms with van der Waals surface area (Å²) >= 11 is 0. The van der Waals surface area contributed by atoms with Crippen LogP contribution in [0.15, 0.2) is 0 Å². The lowest BCUT2D eigenvalue weighted by atomic mass is 10.3. The quantitative estimate of drug-likeness (QED) is 0.634. The third kappa shape index (κ3) is 6.97. The predicted molar refractivity (Wildman–Crippen MR) is 43.9 cm³/mol. The van der Waals surface area contributed by atoms with E-state index in [9.17, 15) is 17.4 Å². The fourth-order valence-electron chi connectivity index (χ4n) is 0.570. The molecule has 0 aromatic rings. The Labute approximate surface area is 76.8 Å². The average molecular weight is 219 g/mol. The molecule has 0 heterocycles. The van der Waals surface area contributed by atoms with Gasteiger partial charge in [-0.2, -0.15) is 13.2 Å². The van der Waals surface area contributed by atoms with Crippen molar-refractivity contribution >= 4 is 10.8 Å². The van der Waals surface area contributed by atoms with Crippen LogP contribution in [0.4, 0.5) is 13.2 Å². The van der Waals surface area contributed by atoms with E-state index in [0.717, 1.165) is 0 Å². The molecule has 0 aliphatic carbocycles. The molecule has 7 heteroatoms. The summed E-state index contributed by atoms with van der Waals surface area (Å²) in [5.41, 5.74) is 0. The number of halogens is 3. The molecule has 0 aromatic heterocycles. The smallest absolute Gasteiger partial charge is 0.382 e. The lowest BCUT2D eigenvalue weighted by Crippen LogP contribution is -2.39. The lowest BCUT2D eigenvalue weighted by molar-refractivity contribution is -0.201. The van der Waals surface area contributed by atoms with E-state index in [4.69, 9.17) is 5.11 Å². The highest BCUT2D eigenvalue weighted by Crippen LogP contribution is 2.18. The molecule has 3 nitrogen and oxygen atoms in total. The fraction of sp³-hybridized carbons (Fsp3) is 1.00. The molecule has 0 saturated carbocycles. The molecule has 0 rings (SSSR count). The molecule has 2 N–H and O–H groups in total. The van der Waals surface area contributed by atoms with Gasteiger partial charge in [-0.25, -0.2) is 0 Å². The van der Waals surface area contributed by atoms with Crippen molar-refractivity contribution in [2.24, 2.45) is 0 Å². The molecule has 2 atom stereocenters. The Hall–Kier alpha value is -0.140. The van der Waals surface area contributed by atoms with Gasteiger partial charge >= 0.3 is 6.18 Å². The summed E-state index contributed by atoms with van der Waals surface area (Å²) in [4.78, 5) is 0. The topological polar surface area (TPSA) is 49.3 Å². The summed E-state index contributed by atoms with van der Waals surface area (Å²) in [5, 5.41) is 10.8. The summed E-state index contributed by atoms with van der Waals surface area (Å²) in [7, 11) is -1.03. The van der Waals surface area contributed by atoms with E-state index in [2.05, 4.69) is 5.32 Å². The maximum Gasteiger partial charge on any atom is 0.415 e. The van der Waals surface area contributed by atoms with Crippen molar-refractivity contribution in [1.29, 1.82) is 0 Å². The Morgan fingerprint density at radius 3 is 2.46 bits per heavy atom. The van der Waals surface area contributed by atoms with Gasteiger partial charge in [0.05, 0.1) is 0 Å². The van der Waals surface area contributed by atoms with Crippen molar-refractivity contribution in [3.63, 3.8) is 0 Å². The third-order valence-electron chi connectivity index (χ3n) is 1.28. The minimum absolute atomic E-state index is 0.205. The zero-order chi connectivity index (χ0) is 10.5. The molecule has 0 aliphatic rings. The maximum absolute atomic E-state index is 11.7. The number of hydrogen-bond acceptors (Lipinski definition) is 3. The molecule has 13 heavy (non-hydrogen) atoms. The standard InChI is InChI=1S/C6H12F3NO2S/c1-13(12)3-2-10-4-5(11)6(7,8)9/h5,10-11H,2-4H2,1H3. The van der Waals surface area contributed by atoms with Crippen LogP contribution in [0.2, 0.25) is 0 Å².